The standard InChI is InChI=1S/C14H17F2NO4S/c1-9-12(5-7-22(9,19)20)17-14(18)4-6-21-13-3-2-10(15)8-11(13)16/h2-3,8-9,12H,4-7H2,1H3,(H,17,18)/t9-,12-/m0/s1. The van der Waals surface area contributed by atoms with Gasteiger partial charge in [0, 0.05) is 12.1 Å². The molecule has 1 heterocycles. The first kappa shape index (κ1) is 16.7. The molecule has 0 unspecified atom stereocenters. The van der Waals surface area contributed by atoms with Crippen molar-refractivity contribution in [1.29, 1.82) is 0 Å². The topological polar surface area (TPSA) is 72.5 Å². The number of carbonyl (C=O) groups excluding carboxylic acids is 1. The zero-order valence-electron chi connectivity index (χ0n) is 12.0. The second kappa shape index (κ2) is 6.60. The third-order valence-electron chi connectivity index (χ3n) is 3.67. The lowest BCUT2D eigenvalue weighted by Gasteiger charge is -2.16. The number of halogens is 2. The molecule has 5 nitrogen and oxygen atoms in total. The van der Waals surface area contributed by atoms with E-state index in [4.69, 9.17) is 4.74 Å². The van der Waals surface area contributed by atoms with Crippen LogP contribution in [0.1, 0.15) is 19.8 Å². The van der Waals surface area contributed by atoms with E-state index in [1.54, 1.807) is 6.92 Å². The number of ether oxygens (including phenoxy) is 1. The number of rotatable bonds is 5. The molecular formula is C14H17F2NO4S. The molecule has 2 rings (SSSR count). The van der Waals surface area contributed by atoms with Crippen molar-refractivity contribution in [2.24, 2.45) is 0 Å². The van der Waals surface area contributed by atoms with Gasteiger partial charge < -0.3 is 10.1 Å². The first-order valence-electron chi connectivity index (χ1n) is 6.88. The van der Waals surface area contributed by atoms with Gasteiger partial charge in [0.15, 0.2) is 21.4 Å². The van der Waals surface area contributed by atoms with E-state index in [-0.39, 0.29) is 30.4 Å². The predicted molar refractivity (Wildman–Crippen MR) is 76.3 cm³/mol. The molecule has 1 aromatic carbocycles. The van der Waals surface area contributed by atoms with Crippen LogP contribution in [0.2, 0.25) is 0 Å². The van der Waals surface area contributed by atoms with Crippen molar-refractivity contribution in [2.45, 2.75) is 31.1 Å². The minimum atomic E-state index is -3.12. The van der Waals surface area contributed by atoms with E-state index in [0.717, 1.165) is 12.1 Å². The number of amides is 1. The number of hydrogen-bond acceptors (Lipinski definition) is 4. The monoisotopic (exact) mass is 333 g/mol. The molecule has 22 heavy (non-hydrogen) atoms. The summed E-state index contributed by atoms with van der Waals surface area (Å²) in [4.78, 5) is 11.7. The van der Waals surface area contributed by atoms with Crippen molar-refractivity contribution in [3.63, 3.8) is 0 Å². The highest BCUT2D eigenvalue weighted by atomic mass is 32.2. The Bertz CT molecular complexity index is 663. The third kappa shape index (κ3) is 3.94. The van der Waals surface area contributed by atoms with Crippen LogP contribution in [0.5, 0.6) is 5.75 Å². The maximum Gasteiger partial charge on any atom is 0.223 e. The summed E-state index contributed by atoms with van der Waals surface area (Å²) in [6.07, 6.45) is 0.350. The van der Waals surface area contributed by atoms with Gasteiger partial charge in [-0.15, -0.1) is 0 Å². The number of carbonyl (C=O) groups is 1. The number of sulfone groups is 1. The Hall–Kier alpha value is -1.70. The minimum absolute atomic E-state index is 0.0416. The lowest BCUT2D eigenvalue weighted by molar-refractivity contribution is -0.122. The van der Waals surface area contributed by atoms with Gasteiger partial charge >= 0.3 is 0 Å². The molecule has 0 aliphatic carbocycles. The van der Waals surface area contributed by atoms with E-state index in [9.17, 15) is 22.0 Å². The van der Waals surface area contributed by atoms with Gasteiger partial charge in [-0.05, 0) is 25.5 Å². The molecule has 1 aromatic rings. The summed E-state index contributed by atoms with van der Waals surface area (Å²) in [5.74, 6) is -1.98. The van der Waals surface area contributed by atoms with Crippen molar-refractivity contribution < 1.29 is 26.7 Å². The van der Waals surface area contributed by atoms with Crippen molar-refractivity contribution >= 4 is 15.7 Å². The Morgan fingerprint density at radius 2 is 2.14 bits per heavy atom. The molecule has 1 fully saturated rings. The molecule has 1 saturated heterocycles. The average Bonchev–Trinajstić information content (AvgIpc) is 2.68. The average molecular weight is 333 g/mol. The quantitative estimate of drug-likeness (QED) is 0.885. The highest BCUT2D eigenvalue weighted by Gasteiger charge is 2.37. The number of benzene rings is 1. The molecule has 0 saturated carbocycles. The molecule has 1 N–H and O–H groups in total. The molecule has 1 aliphatic heterocycles. The molecule has 1 amide bonds. The molecule has 1 aliphatic rings. The lowest BCUT2D eigenvalue weighted by Crippen LogP contribution is -2.40. The van der Waals surface area contributed by atoms with Gasteiger partial charge in [0.05, 0.1) is 24.0 Å². The Balaban J connectivity index is 1.79. The summed E-state index contributed by atoms with van der Waals surface area (Å²) < 4.78 is 54.2. The summed E-state index contributed by atoms with van der Waals surface area (Å²) in [7, 11) is -3.12. The summed E-state index contributed by atoms with van der Waals surface area (Å²) >= 11 is 0. The predicted octanol–water partition coefficient (Wildman–Crippen LogP) is 1.43. The van der Waals surface area contributed by atoms with Crippen LogP contribution >= 0.6 is 0 Å². The van der Waals surface area contributed by atoms with Crippen LogP contribution in [-0.2, 0) is 14.6 Å². The SMILES string of the molecule is C[C@H]1[C@@H](NC(=O)CCOc2ccc(F)cc2F)CCS1(=O)=O. The van der Waals surface area contributed by atoms with E-state index in [0.29, 0.717) is 12.5 Å². The van der Waals surface area contributed by atoms with Crippen molar-refractivity contribution in [1.82, 2.24) is 5.32 Å². The van der Waals surface area contributed by atoms with Crippen molar-refractivity contribution in [3.05, 3.63) is 29.8 Å². The molecule has 0 aromatic heterocycles. The Labute approximate surface area is 127 Å². The number of hydrogen-bond donors (Lipinski definition) is 1. The van der Waals surface area contributed by atoms with Gasteiger partial charge in [0.2, 0.25) is 5.91 Å². The largest absolute Gasteiger partial charge is 0.490 e. The summed E-state index contributed by atoms with van der Waals surface area (Å²) in [6.45, 7) is 1.49. The Morgan fingerprint density at radius 3 is 2.73 bits per heavy atom. The Morgan fingerprint density at radius 1 is 1.41 bits per heavy atom. The van der Waals surface area contributed by atoms with Gasteiger partial charge in [0.25, 0.3) is 0 Å². The minimum Gasteiger partial charge on any atom is -0.490 e. The molecular weight excluding hydrogens is 316 g/mol. The van der Waals surface area contributed by atoms with E-state index < -0.39 is 32.8 Å². The van der Waals surface area contributed by atoms with Crippen LogP contribution in [0.4, 0.5) is 8.78 Å². The van der Waals surface area contributed by atoms with Gasteiger partial charge in [0.1, 0.15) is 5.82 Å². The van der Waals surface area contributed by atoms with Gasteiger partial charge in [-0.3, -0.25) is 4.79 Å². The van der Waals surface area contributed by atoms with Crippen LogP contribution in [0.15, 0.2) is 18.2 Å². The maximum absolute atomic E-state index is 13.3. The molecule has 0 bridgehead atoms. The fourth-order valence-electron chi connectivity index (χ4n) is 2.28. The highest BCUT2D eigenvalue weighted by molar-refractivity contribution is 7.92. The zero-order valence-corrected chi connectivity index (χ0v) is 12.8. The van der Waals surface area contributed by atoms with Gasteiger partial charge in [-0.25, -0.2) is 17.2 Å². The first-order chi connectivity index (χ1) is 10.3. The maximum atomic E-state index is 13.3. The van der Waals surface area contributed by atoms with Crippen LogP contribution < -0.4 is 10.1 Å². The van der Waals surface area contributed by atoms with E-state index >= 15 is 0 Å². The molecule has 0 radical (unpaired) electrons. The van der Waals surface area contributed by atoms with Crippen molar-refractivity contribution in [3.8, 4) is 5.75 Å². The second-order valence-corrected chi connectivity index (χ2v) is 7.69. The highest BCUT2D eigenvalue weighted by Crippen LogP contribution is 2.20. The summed E-state index contributed by atoms with van der Waals surface area (Å²) in [5, 5.41) is 2.04. The summed E-state index contributed by atoms with van der Waals surface area (Å²) in [6, 6.07) is 2.50. The fourth-order valence-corrected chi connectivity index (χ4v) is 3.94. The molecule has 0 spiro atoms. The smallest absolute Gasteiger partial charge is 0.223 e. The zero-order chi connectivity index (χ0) is 16.3. The van der Waals surface area contributed by atoms with Gasteiger partial charge in [-0.1, -0.05) is 0 Å². The first-order valence-corrected chi connectivity index (χ1v) is 8.60. The van der Waals surface area contributed by atoms with E-state index in [2.05, 4.69) is 5.32 Å². The third-order valence-corrected chi connectivity index (χ3v) is 5.94. The van der Waals surface area contributed by atoms with Gasteiger partial charge in [-0.2, -0.15) is 0 Å². The molecule has 8 heteroatoms. The lowest BCUT2D eigenvalue weighted by atomic mass is 10.1. The summed E-state index contributed by atoms with van der Waals surface area (Å²) in [5.41, 5.74) is 0. The van der Waals surface area contributed by atoms with E-state index in [1.165, 1.54) is 0 Å². The van der Waals surface area contributed by atoms with E-state index in [1.807, 2.05) is 0 Å². The fraction of sp³-hybridized carbons (Fsp3) is 0.500. The second-order valence-electron chi connectivity index (χ2n) is 5.21. The van der Waals surface area contributed by atoms with Crippen molar-refractivity contribution in [2.75, 3.05) is 12.4 Å². The normalized spacial score (nSPS) is 23.2. The van der Waals surface area contributed by atoms with Crippen LogP contribution in [0.25, 0.3) is 0 Å². The van der Waals surface area contributed by atoms with Crippen LogP contribution in [0.3, 0.4) is 0 Å². The molecule has 122 valence electrons. The number of nitrogens with one attached hydrogen (secondary N) is 1. The molecule has 2 atom stereocenters. The van der Waals surface area contributed by atoms with Crippen LogP contribution in [0, 0.1) is 11.6 Å². The Kier molecular flexibility index (Phi) is 5.00. The van der Waals surface area contributed by atoms with Crippen LogP contribution in [-0.4, -0.2) is 38.0 Å².